The summed E-state index contributed by atoms with van der Waals surface area (Å²) in [6.45, 7) is 3.92. The summed E-state index contributed by atoms with van der Waals surface area (Å²) in [4.78, 5) is 29.7. The van der Waals surface area contributed by atoms with Crippen LogP contribution >= 0.6 is 0 Å². The van der Waals surface area contributed by atoms with Crippen LogP contribution in [0.15, 0.2) is 18.3 Å². The number of rotatable bonds is 6. The van der Waals surface area contributed by atoms with Gasteiger partial charge in [0.1, 0.15) is 5.60 Å². The maximum absolute atomic E-state index is 13.3. The standard InChI is InChI=1S/C19H26N4O4/c1-12-13(9-20-22(12)3)10-21(2)17(24)15-14-5-6-19(27-14)11-23(7-8-26-4)18(25)16(15)19/h5-6,9,14-16H,7-8,10-11H2,1-4H3/t14-,15-,16+,19-/m0/s1. The summed E-state index contributed by atoms with van der Waals surface area (Å²) in [6, 6.07) is 0. The number of likely N-dealkylation sites (tertiary alicyclic amines) is 1. The van der Waals surface area contributed by atoms with Gasteiger partial charge < -0.3 is 19.3 Å². The van der Waals surface area contributed by atoms with Crippen LogP contribution in [0.2, 0.25) is 0 Å². The molecule has 0 saturated carbocycles. The van der Waals surface area contributed by atoms with E-state index in [1.165, 1.54) is 0 Å². The van der Waals surface area contributed by atoms with Gasteiger partial charge in [0.25, 0.3) is 0 Å². The smallest absolute Gasteiger partial charge is 0.230 e. The first-order valence-electron chi connectivity index (χ1n) is 9.25. The minimum absolute atomic E-state index is 0.0109. The van der Waals surface area contributed by atoms with E-state index in [-0.39, 0.29) is 17.9 Å². The fraction of sp³-hybridized carbons (Fsp3) is 0.632. The number of nitrogens with zero attached hydrogens (tertiary/aromatic N) is 4. The molecule has 0 unspecified atom stereocenters. The molecule has 3 aliphatic heterocycles. The fourth-order valence-electron chi connectivity index (χ4n) is 4.54. The lowest BCUT2D eigenvalue weighted by molar-refractivity contribution is -0.142. The van der Waals surface area contributed by atoms with Gasteiger partial charge in [-0.15, -0.1) is 0 Å². The van der Waals surface area contributed by atoms with E-state index in [0.717, 1.165) is 11.3 Å². The lowest BCUT2D eigenvalue weighted by Crippen LogP contribution is -2.44. The van der Waals surface area contributed by atoms with Crippen molar-refractivity contribution in [2.24, 2.45) is 18.9 Å². The number of carbonyl (C=O) groups excluding carboxylic acids is 2. The average Bonchev–Trinajstić information content (AvgIpc) is 3.36. The summed E-state index contributed by atoms with van der Waals surface area (Å²) in [6.07, 6.45) is 5.37. The maximum Gasteiger partial charge on any atom is 0.230 e. The zero-order valence-electron chi connectivity index (χ0n) is 16.2. The highest BCUT2D eigenvalue weighted by molar-refractivity contribution is 5.93. The highest BCUT2D eigenvalue weighted by Gasteiger charge is 2.66. The van der Waals surface area contributed by atoms with E-state index in [0.29, 0.717) is 26.2 Å². The lowest BCUT2D eigenvalue weighted by atomic mass is 9.76. The van der Waals surface area contributed by atoms with Crippen LogP contribution < -0.4 is 0 Å². The highest BCUT2D eigenvalue weighted by Crippen LogP contribution is 2.52. The third kappa shape index (κ3) is 2.70. The number of aromatic nitrogens is 2. The summed E-state index contributed by atoms with van der Waals surface area (Å²) in [5.41, 5.74) is 1.36. The molecule has 1 aromatic heterocycles. The molecule has 2 amide bonds. The topological polar surface area (TPSA) is 76.9 Å². The van der Waals surface area contributed by atoms with Crippen LogP contribution in [0.25, 0.3) is 0 Å². The molecule has 0 aromatic carbocycles. The second-order valence-electron chi connectivity index (χ2n) is 7.73. The molecule has 8 nitrogen and oxygen atoms in total. The van der Waals surface area contributed by atoms with E-state index in [1.54, 1.807) is 34.8 Å². The SMILES string of the molecule is COCCN1C[C@]23C=C[C@H](O2)[C@H](C(=O)N(C)Cc2cnn(C)c2C)[C@@H]3C1=O. The zero-order chi connectivity index (χ0) is 19.3. The van der Waals surface area contributed by atoms with Crippen molar-refractivity contribution in [2.75, 3.05) is 33.9 Å². The molecule has 0 aliphatic carbocycles. The van der Waals surface area contributed by atoms with Crippen molar-refractivity contribution in [2.45, 2.75) is 25.2 Å². The summed E-state index contributed by atoms with van der Waals surface area (Å²) in [5, 5.41) is 4.24. The van der Waals surface area contributed by atoms with E-state index in [2.05, 4.69) is 5.10 Å². The van der Waals surface area contributed by atoms with Gasteiger partial charge in [-0.05, 0) is 6.92 Å². The number of aryl methyl sites for hydroxylation is 1. The Morgan fingerprint density at radius 1 is 1.52 bits per heavy atom. The third-order valence-corrected chi connectivity index (χ3v) is 6.15. The minimum Gasteiger partial charge on any atom is -0.383 e. The predicted molar refractivity (Wildman–Crippen MR) is 96.6 cm³/mol. The van der Waals surface area contributed by atoms with Gasteiger partial charge in [-0.2, -0.15) is 5.10 Å². The first-order valence-corrected chi connectivity index (χ1v) is 9.25. The molecule has 2 fully saturated rings. The minimum atomic E-state index is -0.666. The second kappa shape index (κ2) is 6.45. The molecular formula is C19H26N4O4. The molecule has 4 heterocycles. The molecule has 146 valence electrons. The molecule has 2 saturated heterocycles. The highest BCUT2D eigenvalue weighted by atomic mass is 16.5. The second-order valence-corrected chi connectivity index (χ2v) is 7.73. The molecule has 4 rings (SSSR count). The number of ether oxygens (including phenoxy) is 2. The van der Waals surface area contributed by atoms with Crippen molar-refractivity contribution in [1.82, 2.24) is 19.6 Å². The Hall–Kier alpha value is -2.19. The van der Waals surface area contributed by atoms with Crippen molar-refractivity contribution in [3.63, 3.8) is 0 Å². The van der Waals surface area contributed by atoms with Crippen LogP contribution in [0, 0.1) is 18.8 Å². The summed E-state index contributed by atoms with van der Waals surface area (Å²) in [7, 11) is 5.27. The predicted octanol–water partition coefficient (Wildman–Crippen LogP) is 0.115. The van der Waals surface area contributed by atoms with Crippen molar-refractivity contribution in [3.8, 4) is 0 Å². The van der Waals surface area contributed by atoms with E-state index >= 15 is 0 Å². The summed E-state index contributed by atoms with van der Waals surface area (Å²) in [5.74, 6) is -0.990. The van der Waals surface area contributed by atoms with E-state index in [4.69, 9.17) is 9.47 Å². The van der Waals surface area contributed by atoms with E-state index in [1.807, 2.05) is 26.1 Å². The van der Waals surface area contributed by atoms with Gasteiger partial charge in [-0.25, -0.2) is 0 Å². The van der Waals surface area contributed by atoms with Crippen LogP contribution in [-0.2, 0) is 32.7 Å². The van der Waals surface area contributed by atoms with Crippen LogP contribution in [-0.4, -0.2) is 77.0 Å². The third-order valence-electron chi connectivity index (χ3n) is 6.15. The average molecular weight is 374 g/mol. The molecule has 1 aromatic rings. The Kier molecular flexibility index (Phi) is 4.35. The fourth-order valence-corrected chi connectivity index (χ4v) is 4.54. The van der Waals surface area contributed by atoms with Gasteiger partial charge in [-0.1, -0.05) is 12.2 Å². The number of carbonyl (C=O) groups is 2. The lowest BCUT2D eigenvalue weighted by Gasteiger charge is -2.27. The van der Waals surface area contributed by atoms with Crippen molar-refractivity contribution in [3.05, 3.63) is 29.6 Å². The number of fused-ring (bicyclic) bond motifs is 1. The first-order chi connectivity index (χ1) is 12.9. The van der Waals surface area contributed by atoms with Gasteiger partial charge in [0.2, 0.25) is 11.8 Å². The van der Waals surface area contributed by atoms with Gasteiger partial charge in [0.05, 0.1) is 37.3 Å². The molecule has 0 N–H and O–H groups in total. The number of methoxy groups -OCH3 is 1. The van der Waals surface area contributed by atoms with E-state index < -0.39 is 17.4 Å². The normalized spacial score (nSPS) is 31.0. The largest absolute Gasteiger partial charge is 0.383 e. The first kappa shape index (κ1) is 18.2. The van der Waals surface area contributed by atoms with Gasteiger partial charge >= 0.3 is 0 Å². The number of hydrogen-bond acceptors (Lipinski definition) is 5. The molecule has 4 atom stereocenters. The molecule has 3 aliphatic rings. The molecule has 1 spiro atoms. The van der Waals surface area contributed by atoms with Crippen LogP contribution in [0.5, 0.6) is 0 Å². The zero-order valence-corrected chi connectivity index (χ0v) is 16.2. The van der Waals surface area contributed by atoms with E-state index in [9.17, 15) is 9.59 Å². The number of amides is 2. The monoisotopic (exact) mass is 374 g/mol. The Morgan fingerprint density at radius 3 is 2.96 bits per heavy atom. The Balaban J connectivity index is 1.53. The Labute approximate surface area is 158 Å². The summed E-state index contributed by atoms with van der Waals surface area (Å²) >= 11 is 0. The van der Waals surface area contributed by atoms with Crippen LogP contribution in [0.1, 0.15) is 11.3 Å². The van der Waals surface area contributed by atoms with Gasteiger partial charge in [0, 0.05) is 45.6 Å². The Morgan fingerprint density at radius 2 is 2.30 bits per heavy atom. The molecule has 27 heavy (non-hydrogen) atoms. The van der Waals surface area contributed by atoms with Crippen LogP contribution in [0.4, 0.5) is 0 Å². The Bertz CT molecular complexity index is 804. The molecular weight excluding hydrogens is 348 g/mol. The van der Waals surface area contributed by atoms with Crippen LogP contribution in [0.3, 0.4) is 0 Å². The number of hydrogen-bond donors (Lipinski definition) is 0. The molecule has 8 heteroatoms. The van der Waals surface area contributed by atoms with Gasteiger partial charge in [-0.3, -0.25) is 14.3 Å². The van der Waals surface area contributed by atoms with Crippen molar-refractivity contribution in [1.29, 1.82) is 0 Å². The maximum atomic E-state index is 13.3. The molecule has 0 radical (unpaired) electrons. The summed E-state index contributed by atoms with van der Waals surface area (Å²) < 4.78 is 13.0. The molecule has 2 bridgehead atoms. The van der Waals surface area contributed by atoms with Gasteiger partial charge in [0.15, 0.2) is 0 Å². The van der Waals surface area contributed by atoms with Crippen molar-refractivity contribution < 1.29 is 19.1 Å². The quantitative estimate of drug-likeness (QED) is 0.661. The van der Waals surface area contributed by atoms with Crippen molar-refractivity contribution >= 4 is 11.8 Å².